The van der Waals surface area contributed by atoms with Crippen molar-refractivity contribution < 1.29 is 9.52 Å². The lowest BCUT2D eigenvalue weighted by atomic mass is 9.89. The zero-order chi connectivity index (χ0) is 14.9. The van der Waals surface area contributed by atoms with Crippen molar-refractivity contribution in [3.8, 4) is 11.5 Å². The van der Waals surface area contributed by atoms with Gasteiger partial charge < -0.3 is 9.52 Å². The molecular formula is C16H21N3O2. The second-order valence-electron chi connectivity index (χ2n) is 5.99. The predicted molar refractivity (Wildman–Crippen MR) is 79.6 cm³/mol. The van der Waals surface area contributed by atoms with E-state index in [9.17, 15) is 5.11 Å². The molecule has 5 heteroatoms. The number of hydrogen-bond donors (Lipinski definition) is 1. The lowest BCUT2D eigenvalue weighted by Crippen LogP contribution is -2.60. The largest absolute Gasteiger partial charge is 0.419 e. The van der Waals surface area contributed by atoms with Gasteiger partial charge in [-0.25, -0.2) is 0 Å². The fourth-order valence-corrected chi connectivity index (χ4v) is 2.84. The molecule has 1 N–H and O–H groups in total. The fraction of sp³-hybridized carbons (Fsp3) is 0.500. The van der Waals surface area contributed by atoms with Gasteiger partial charge in [-0.3, -0.25) is 4.90 Å². The molecule has 0 aliphatic carbocycles. The Morgan fingerprint density at radius 3 is 2.62 bits per heavy atom. The number of nitrogens with zero attached hydrogens (tertiary/aromatic N) is 3. The molecule has 1 aliphatic rings. The zero-order valence-electron chi connectivity index (χ0n) is 12.5. The summed E-state index contributed by atoms with van der Waals surface area (Å²) in [5, 5.41) is 18.3. The van der Waals surface area contributed by atoms with Crippen molar-refractivity contribution in [2.75, 3.05) is 13.1 Å². The molecule has 21 heavy (non-hydrogen) atoms. The number of aromatic nitrogens is 2. The first-order valence-electron chi connectivity index (χ1n) is 7.42. The lowest BCUT2D eigenvalue weighted by molar-refractivity contribution is -0.109. The summed E-state index contributed by atoms with van der Waals surface area (Å²) in [6, 6.07) is 8.02. The van der Waals surface area contributed by atoms with Gasteiger partial charge in [0.1, 0.15) is 0 Å². The van der Waals surface area contributed by atoms with Gasteiger partial charge in [-0.15, -0.1) is 10.2 Å². The molecule has 0 amide bonds. The van der Waals surface area contributed by atoms with Crippen LogP contribution in [-0.2, 0) is 6.54 Å². The Balaban J connectivity index is 1.60. The number of likely N-dealkylation sites (tertiary alicyclic amines) is 1. The summed E-state index contributed by atoms with van der Waals surface area (Å²) in [6.07, 6.45) is 1.85. The molecule has 0 spiro atoms. The Hall–Kier alpha value is -1.72. The van der Waals surface area contributed by atoms with Gasteiger partial charge in [0.2, 0.25) is 11.8 Å². The number of benzene rings is 1. The van der Waals surface area contributed by atoms with Crippen molar-refractivity contribution in [1.82, 2.24) is 15.1 Å². The van der Waals surface area contributed by atoms with Crippen LogP contribution < -0.4 is 0 Å². The molecule has 5 nitrogen and oxygen atoms in total. The molecule has 1 fully saturated rings. The number of β-amino-alcohol motifs (C(OH)–C–C–N with tert-alkyl or cyclic N) is 1. The minimum Gasteiger partial charge on any atom is -0.419 e. The predicted octanol–water partition coefficient (Wildman–Crippen LogP) is 2.39. The summed E-state index contributed by atoms with van der Waals surface area (Å²) >= 11 is 0. The maximum Gasteiger partial charge on any atom is 0.247 e. The zero-order valence-corrected chi connectivity index (χ0v) is 12.5. The van der Waals surface area contributed by atoms with Crippen molar-refractivity contribution >= 4 is 0 Å². The van der Waals surface area contributed by atoms with Crippen LogP contribution >= 0.6 is 0 Å². The summed E-state index contributed by atoms with van der Waals surface area (Å²) in [5.74, 6) is 1.15. The van der Waals surface area contributed by atoms with Gasteiger partial charge in [-0.05, 0) is 25.5 Å². The first kappa shape index (κ1) is 14.2. The van der Waals surface area contributed by atoms with Crippen LogP contribution in [0.5, 0.6) is 0 Å². The van der Waals surface area contributed by atoms with Gasteiger partial charge in [0, 0.05) is 18.7 Å². The number of aliphatic hydroxyl groups is 1. The third-order valence-corrected chi connectivity index (χ3v) is 3.88. The molecule has 3 rings (SSSR count). The Kier molecular flexibility index (Phi) is 3.78. The third kappa shape index (κ3) is 3.14. The standard InChI is InChI=1S/C16H21N3O2/c1-3-8-16(20)10-19(11-16)9-14-17-18-15(21-14)13-6-4-12(2)5-7-13/h4-7,20H,3,8-11H2,1-2H3. The highest BCUT2D eigenvalue weighted by molar-refractivity contribution is 5.52. The number of hydrogen-bond acceptors (Lipinski definition) is 5. The smallest absolute Gasteiger partial charge is 0.247 e. The van der Waals surface area contributed by atoms with E-state index in [1.54, 1.807) is 0 Å². The van der Waals surface area contributed by atoms with E-state index in [-0.39, 0.29) is 0 Å². The van der Waals surface area contributed by atoms with Gasteiger partial charge in [-0.1, -0.05) is 31.0 Å². The second-order valence-corrected chi connectivity index (χ2v) is 5.99. The van der Waals surface area contributed by atoms with E-state index in [1.165, 1.54) is 5.56 Å². The molecular weight excluding hydrogens is 266 g/mol. The summed E-state index contributed by atoms with van der Waals surface area (Å²) in [4.78, 5) is 2.13. The fourth-order valence-electron chi connectivity index (χ4n) is 2.84. The van der Waals surface area contributed by atoms with Crippen molar-refractivity contribution in [2.24, 2.45) is 0 Å². The van der Waals surface area contributed by atoms with E-state index in [2.05, 4.69) is 22.0 Å². The van der Waals surface area contributed by atoms with Crippen molar-refractivity contribution in [1.29, 1.82) is 0 Å². The average molecular weight is 287 g/mol. The van der Waals surface area contributed by atoms with Crippen LogP contribution in [0, 0.1) is 6.92 Å². The highest BCUT2D eigenvalue weighted by Crippen LogP contribution is 2.27. The van der Waals surface area contributed by atoms with Crippen LogP contribution in [-0.4, -0.2) is 38.9 Å². The van der Waals surface area contributed by atoms with Crippen LogP contribution in [0.15, 0.2) is 28.7 Å². The van der Waals surface area contributed by atoms with E-state index in [1.807, 2.05) is 31.2 Å². The van der Waals surface area contributed by atoms with Crippen LogP contribution in [0.2, 0.25) is 0 Å². The van der Waals surface area contributed by atoms with Gasteiger partial charge in [-0.2, -0.15) is 0 Å². The SMILES string of the molecule is CCCC1(O)CN(Cc2nnc(-c3ccc(C)cc3)o2)C1. The molecule has 1 aromatic heterocycles. The van der Waals surface area contributed by atoms with E-state index in [4.69, 9.17) is 4.42 Å². The van der Waals surface area contributed by atoms with Gasteiger partial charge in [0.25, 0.3) is 0 Å². The first-order valence-corrected chi connectivity index (χ1v) is 7.42. The molecule has 1 saturated heterocycles. The van der Waals surface area contributed by atoms with Crippen LogP contribution in [0.3, 0.4) is 0 Å². The van der Waals surface area contributed by atoms with E-state index >= 15 is 0 Å². The number of rotatable bonds is 5. The quantitative estimate of drug-likeness (QED) is 0.915. The maximum absolute atomic E-state index is 10.2. The average Bonchev–Trinajstić information content (AvgIpc) is 2.87. The van der Waals surface area contributed by atoms with Crippen molar-refractivity contribution in [3.05, 3.63) is 35.7 Å². The Bertz CT molecular complexity index is 600. The maximum atomic E-state index is 10.2. The molecule has 2 aromatic rings. The Morgan fingerprint density at radius 1 is 1.24 bits per heavy atom. The molecule has 112 valence electrons. The molecule has 0 unspecified atom stereocenters. The minimum atomic E-state index is -0.519. The normalized spacial score (nSPS) is 17.7. The third-order valence-electron chi connectivity index (χ3n) is 3.88. The molecule has 0 bridgehead atoms. The Labute approximate surface area is 124 Å². The van der Waals surface area contributed by atoms with Crippen molar-refractivity contribution in [2.45, 2.75) is 38.8 Å². The topological polar surface area (TPSA) is 62.4 Å². The summed E-state index contributed by atoms with van der Waals surface area (Å²) in [7, 11) is 0. The molecule has 0 saturated carbocycles. The van der Waals surface area contributed by atoms with Gasteiger partial charge >= 0.3 is 0 Å². The van der Waals surface area contributed by atoms with E-state index < -0.39 is 5.60 Å². The van der Waals surface area contributed by atoms with Crippen LogP contribution in [0.1, 0.15) is 31.2 Å². The van der Waals surface area contributed by atoms with Gasteiger partial charge in [0.15, 0.2) is 0 Å². The van der Waals surface area contributed by atoms with Crippen LogP contribution in [0.4, 0.5) is 0 Å². The summed E-state index contributed by atoms with van der Waals surface area (Å²) in [6.45, 7) is 6.11. The first-order chi connectivity index (χ1) is 10.1. The van der Waals surface area contributed by atoms with Gasteiger partial charge in [0.05, 0.1) is 12.1 Å². The Morgan fingerprint density at radius 2 is 1.95 bits per heavy atom. The summed E-state index contributed by atoms with van der Waals surface area (Å²) in [5.41, 5.74) is 1.62. The monoisotopic (exact) mass is 287 g/mol. The second kappa shape index (κ2) is 5.58. The molecule has 1 aliphatic heterocycles. The van der Waals surface area contributed by atoms with Crippen molar-refractivity contribution in [3.63, 3.8) is 0 Å². The number of aryl methyl sites for hydroxylation is 1. The highest BCUT2D eigenvalue weighted by Gasteiger charge is 2.40. The molecule has 0 radical (unpaired) electrons. The lowest BCUT2D eigenvalue weighted by Gasteiger charge is -2.46. The highest BCUT2D eigenvalue weighted by atomic mass is 16.4. The molecule has 2 heterocycles. The van der Waals surface area contributed by atoms with Crippen LogP contribution in [0.25, 0.3) is 11.5 Å². The minimum absolute atomic E-state index is 0.519. The molecule has 0 atom stereocenters. The van der Waals surface area contributed by atoms with E-state index in [0.29, 0.717) is 31.4 Å². The van der Waals surface area contributed by atoms with E-state index in [0.717, 1.165) is 18.4 Å². The summed E-state index contributed by atoms with van der Waals surface area (Å²) < 4.78 is 5.70. The molecule has 1 aromatic carbocycles.